The zero-order chi connectivity index (χ0) is 38.2. The third kappa shape index (κ3) is 48.9. The van der Waals surface area contributed by atoms with E-state index in [2.05, 4.69) is 6.92 Å². The van der Waals surface area contributed by atoms with Crippen LogP contribution in [-0.4, -0.2) is 178 Å². The first-order chi connectivity index (χ1) is 26.3. The van der Waals surface area contributed by atoms with E-state index in [9.17, 15) is 4.79 Å². The number of carbonyl (C=O) groups excluding carboxylic acids is 1. The largest absolute Gasteiger partial charge is 0.463 e. The van der Waals surface area contributed by atoms with Crippen LogP contribution in [0.4, 0.5) is 0 Å². The number of rotatable bonds is 48. The van der Waals surface area contributed by atoms with Gasteiger partial charge in [0.25, 0.3) is 0 Å². The summed E-state index contributed by atoms with van der Waals surface area (Å²) < 4.78 is 70.5. The molecule has 0 aliphatic carbocycles. The summed E-state index contributed by atoms with van der Waals surface area (Å²) in [5.41, 5.74) is 5.34. The Balaban J connectivity index is 3.10. The summed E-state index contributed by atoms with van der Waals surface area (Å²) in [4.78, 5) is 11.8. The number of hydrogen-bond donors (Lipinski definition) is 1. The molecule has 2 N–H and O–H groups in total. The average molecular weight is 772 g/mol. The van der Waals surface area contributed by atoms with Crippen LogP contribution in [0, 0.1) is 0 Å². The van der Waals surface area contributed by atoms with Gasteiger partial charge in [0.1, 0.15) is 6.61 Å². The molecule has 0 saturated carbocycles. The van der Waals surface area contributed by atoms with Gasteiger partial charge < -0.3 is 67.3 Å². The highest BCUT2D eigenvalue weighted by molar-refractivity contribution is 5.69. The van der Waals surface area contributed by atoms with Crippen molar-refractivity contribution >= 4 is 5.97 Å². The van der Waals surface area contributed by atoms with Gasteiger partial charge in [-0.3, -0.25) is 4.79 Å². The van der Waals surface area contributed by atoms with Gasteiger partial charge in [-0.25, -0.2) is 0 Å². The molecule has 53 heavy (non-hydrogen) atoms. The van der Waals surface area contributed by atoms with Crippen LogP contribution >= 0.6 is 0 Å². The van der Waals surface area contributed by atoms with E-state index in [1.54, 1.807) is 0 Å². The molecule has 0 heterocycles. The summed E-state index contributed by atoms with van der Waals surface area (Å²) in [6.07, 6.45) is 11.6. The normalized spacial score (nSPS) is 11.5. The third-order valence-corrected chi connectivity index (χ3v) is 7.33. The summed E-state index contributed by atoms with van der Waals surface area (Å²) in [5.74, 6) is -0.138. The van der Waals surface area contributed by atoms with Gasteiger partial charge in [-0.2, -0.15) is 0 Å². The van der Waals surface area contributed by atoms with Gasteiger partial charge in [0.2, 0.25) is 0 Å². The lowest BCUT2D eigenvalue weighted by Crippen LogP contribution is -2.16. The zero-order valence-corrected chi connectivity index (χ0v) is 33.2. The van der Waals surface area contributed by atoms with Gasteiger partial charge >= 0.3 is 5.97 Å². The first-order valence-corrected chi connectivity index (χ1v) is 20.1. The van der Waals surface area contributed by atoms with Gasteiger partial charge in [0.05, 0.1) is 159 Å². The molecule has 0 spiro atoms. The number of nitrogens with two attached hydrogens (primary N) is 1. The van der Waals surface area contributed by atoms with Crippen LogP contribution in [0.25, 0.3) is 0 Å². The van der Waals surface area contributed by atoms with E-state index in [4.69, 9.17) is 67.3 Å². The smallest absolute Gasteiger partial charge is 0.305 e. The molecule has 0 unspecified atom stereocenters. The average Bonchev–Trinajstić information content (AvgIpc) is 3.16. The Kier molecular flexibility index (Phi) is 48.0. The van der Waals surface area contributed by atoms with Crippen LogP contribution in [0.1, 0.15) is 71.1 Å². The second kappa shape index (κ2) is 49.0. The lowest BCUT2D eigenvalue weighted by atomic mass is 10.1. The Bertz CT molecular complexity index is 683. The molecular weight excluding hydrogens is 694 g/mol. The minimum absolute atomic E-state index is 0.138. The van der Waals surface area contributed by atoms with Crippen molar-refractivity contribution in [3.05, 3.63) is 0 Å². The molecule has 15 nitrogen and oxygen atoms in total. The molecule has 0 aliphatic heterocycles. The number of esters is 1. The highest BCUT2D eigenvalue weighted by atomic mass is 16.6. The summed E-state index contributed by atoms with van der Waals surface area (Å²) >= 11 is 0. The summed E-state index contributed by atoms with van der Waals surface area (Å²) in [6.45, 7) is 15.1. The lowest BCUT2D eigenvalue weighted by Gasteiger charge is -2.09. The minimum atomic E-state index is -0.138. The molecule has 0 aliphatic rings. The van der Waals surface area contributed by atoms with Crippen molar-refractivity contribution in [1.82, 2.24) is 0 Å². The summed E-state index contributed by atoms with van der Waals surface area (Å²) in [7, 11) is 0. The van der Waals surface area contributed by atoms with Crippen molar-refractivity contribution in [3.63, 3.8) is 0 Å². The van der Waals surface area contributed by atoms with Crippen molar-refractivity contribution in [1.29, 1.82) is 0 Å². The van der Waals surface area contributed by atoms with Crippen LogP contribution in [-0.2, 0) is 66.4 Å². The van der Waals surface area contributed by atoms with Crippen molar-refractivity contribution in [2.45, 2.75) is 71.1 Å². The molecule has 0 amide bonds. The molecule has 318 valence electrons. The van der Waals surface area contributed by atoms with Crippen LogP contribution in [0.2, 0.25) is 0 Å². The quantitative estimate of drug-likeness (QED) is 0.0705. The van der Waals surface area contributed by atoms with E-state index >= 15 is 0 Å². The number of carbonyl (C=O) groups is 1. The van der Waals surface area contributed by atoms with Gasteiger partial charge in [-0.1, -0.05) is 58.3 Å². The minimum Gasteiger partial charge on any atom is -0.463 e. The maximum absolute atomic E-state index is 11.8. The topological polar surface area (TPSA) is 163 Å². The van der Waals surface area contributed by atoms with Crippen LogP contribution in [0.15, 0.2) is 0 Å². The van der Waals surface area contributed by atoms with E-state index in [-0.39, 0.29) is 12.6 Å². The van der Waals surface area contributed by atoms with Gasteiger partial charge in [0.15, 0.2) is 0 Å². The van der Waals surface area contributed by atoms with Gasteiger partial charge in [-0.15, -0.1) is 0 Å². The molecule has 0 rings (SSSR count). The SMILES string of the molecule is CCCCCCCCCCCC(=O)OCCOCCOCCOCCOCCOCCOCCOCCOCCOCCOCCOCCOCCN. The molecule has 15 heteroatoms. The Labute approximate surface area is 320 Å². The fourth-order valence-electron chi connectivity index (χ4n) is 4.47. The predicted octanol–water partition coefficient (Wildman–Crippen LogP) is 3.61. The van der Waals surface area contributed by atoms with Crippen LogP contribution in [0.5, 0.6) is 0 Å². The molecule has 0 aromatic rings. The predicted molar refractivity (Wildman–Crippen MR) is 202 cm³/mol. The standard InChI is InChI=1S/C38H77NO14/c1-2-3-4-5-6-7-8-9-10-11-38(40)53-37-36-52-35-34-51-33-32-50-31-30-49-29-28-48-27-26-47-25-24-46-23-22-45-21-20-44-19-18-43-17-16-42-15-14-41-13-12-39/h2-37,39H2,1H3. The molecule has 0 aromatic heterocycles. The molecule has 0 atom stereocenters. The van der Waals surface area contributed by atoms with Crippen LogP contribution in [0.3, 0.4) is 0 Å². The fourth-order valence-corrected chi connectivity index (χ4v) is 4.47. The van der Waals surface area contributed by atoms with E-state index in [1.165, 1.54) is 44.9 Å². The Morgan fingerprint density at radius 1 is 0.321 bits per heavy atom. The monoisotopic (exact) mass is 772 g/mol. The number of ether oxygens (including phenoxy) is 13. The van der Waals surface area contributed by atoms with E-state index in [0.29, 0.717) is 172 Å². The molecule has 0 bridgehead atoms. The number of unbranched alkanes of at least 4 members (excludes halogenated alkanes) is 8. The van der Waals surface area contributed by atoms with E-state index in [1.807, 2.05) is 0 Å². The van der Waals surface area contributed by atoms with E-state index in [0.717, 1.165) is 12.8 Å². The van der Waals surface area contributed by atoms with Gasteiger partial charge in [0, 0.05) is 13.0 Å². The van der Waals surface area contributed by atoms with Gasteiger partial charge in [-0.05, 0) is 6.42 Å². The fraction of sp³-hybridized carbons (Fsp3) is 0.974. The van der Waals surface area contributed by atoms with Crippen molar-refractivity contribution < 1.29 is 66.4 Å². The molecule has 0 aromatic carbocycles. The Hall–Kier alpha value is -1.05. The maximum atomic E-state index is 11.8. The Morgan fingerprint density at radius 2 is 0.547 bits per heavy atom. The second-order valence-corrected chi connectivity index (χ2v) is 11.9. The third-order valence-electron chi connectivity index (χ3n) is 7.33. The lowest BCUT2D eigenvalue weighted by molar-refractivity contribution is -0.145. The van der Waals surface area contributed by atoms with E-state index < -0.39 is 0 Å². The van der Waals surface area contributed by atoms with Crippen molar-refractivity contribution in [2.75, 3.05) is 172 Å². The second-order valence-electron chi connectivity index (χ2n) is 11.9. The zero-order valence-electron chi connectivity index (χ0n) is 33.2. The number of hydrogen-bond acceptors (Lipinski definition) is 15. The van der Waals surface area contributed by atoms with Crippen molar-refractivity contribution in [3.8, 4) is 0 Å². The molecule has 0 radical (unpaired) electrons. The maximum Gasteiger partial charge on any atom is 0.305 e. The molecular formula is C38H77NO14. The summed E-state index contributed by atoms with van der Waals surface area (Å²) in [6, 6.07) is 0. The van der Waals surface area contributed by atoms with Crippen molar-refractivity contribution in [2.24, 2.45) is 5.73 Å². The molecule has 0 fully saturated rings. The van der Waals surface area contributed by atoms with Crippen LogP contribution < -0.4 is 5.73 Å². The highest BCUT2D eigenvalue weighted by Gasteiger charge is 2.03. The highest BCUT2D eigenvalue weighted by Crippen LogP contribution is 2.10. The summed E-state index contributed by atoms with van der Waals surface area (Å²) in [5, 5.41) is 0. The first-order valence-electron chi connectivity index (χ1n) is 20.1. The molecule has 0 saturated heterocycles. The first kappa shape index (κ1) is 52.0. The Morgan fingerprint density at radius 3 is 0.811 bits per heavy atom.